The summed E-state index contributed by atoms with van der Waals surface area (Å²) >= 11 is 16.4. The summed E-state index contributed by atoms with van der Waals surface area (Å²) in [6.07, 6.45) is 0. The number of hydrogen-bond donors (Lipinski definition) is 0. The van der Waals surface area contributed by atoms with Crippen LogP contribution in [-0.4, -0.2) is 20.9 Å². The predicted octanol–water partition coefficient (Wildman–Crippen LogP) is 1.48. The van der Waals surface area contributed by atoms with E-state index in [-0.39, 0.29) is 0 Å². The molecule has 0 aliphatic carbocycles. The van der Waals surface area contributed by atoms with Crippen molar-refractivity contribution in [3.8, 4) is 0 Å². The average Bonchev–Trinajstić information content (AvgIpc) is 0.722. The van der Waals surface area contributed by atoms with Gasteiger partial charge in [-0.1, -0.05) is 0 Å². The Bertz CT molecular complexity index is 22.4. The molecule has 28 valence electrons. The van der Waals surface area contributed by atoms with Gasteiger partial charge in [0.2, 0.25) is 0 Å². The maximum atomic E-state index is 5.09. The van der Waals surface area contributed by atoms with Crippen molar-refractivity contribution in [1.29, 1.82) is 0 Å². The summed E-state index contributed by atoms with van der Waals surface area (Å²) in [6, 6.07) is 0. The van der Waals surface area contributed by atoms with Crippen molar-refractivity contribution in [2.45, 2.75) is 2.35 Å². The van der Waals surface area contributed by atoms with E-state index >= 15 is 0 Å². The molecule has 0 aliphatic rings. The van der Waals surface area contributed by atoms with Crippen LogP contribution in [0.25, 0.3) is 0 Å². The molecule has 0 aromatic rings. The Kier molecular flexibility index (Phi) is 2.58. The molecule has 0 aromatic heterocycles. The topological polar surface area (TPSA) is 0 Å². The number of rotatable bonds is 0. The van der Waals surface area contributed by atoms with Gasteiger partial charge in [-0.05, 0) is 0 Å². The van der Waals surface area contributed by atoms with Gasteiger partial charge in [0.15, 0.2) is 0 Å². The zero-order valence-corrected chi connectivity index (χ0v) is 6.90. The first-order chi connectivity index (χ1) is 2.00. The minimum absolute atomic E-state index is 1.02. The van der Waals surface area contributed by atoms with Gasteiger partial charge in [-0.2, -0.15) is 0 Å². The molecule has 0 heterocycles. The Balaban J connectivity index is 3.02. The van der Waals surface area contributed by atoms with E-state index in [0.29, 0.717) is 0 Å². The van der Waals surface area contributed by atoms with E-state index in [2.05, 4.69) is 0 Å². The van der Waals surface area contributed by atoms with Gasteiger partial charge in [0.25, 0.3) is 0 Å². The van der Waals surface area contributed by atoms with Gasteiger partial charge in [-0.15, -0.1) is 0 Å². The summed E-state index contributed by atoms with van der Waals surface area (Å²) in [4.78, 5) is 0. The van der Waals surface area contributed by atoms with Gasteiger partial charge in [-0.3, -0.25) is 0 Å². The molecule has 0 saturated heterocycles. The first kappa shape index (κ1) is 6.51. The summed E-state index contributed by atoms with van der Waals surface area (Å²) in [5.41, 5.74) is 0. The zero-order chi connectivity index (χ0) is 4.50. The molecule has 5 heavy (non-hydrogen) atoms. The number of alkyl halides is 3. The van der Waals surface area contributed by atoms with Crippen LogP contribution in [-0.2, 0) is 0 Å². The quantitative estimate of drug-likeness (QED) is 0.399. The van der Waals surface area contributed by atoms with Gasteiger partial charge in [-0.25, -0.2) is 0 Å². The van der Waals surface area contributed by atoms with Crippen molar-refractivity contribution in [2.24, 2.45) is 0 Å². The molecule has 0 amide bonds. The van der Waals surface area contributed by atoms with E-state index in [1.807, 2.05) is 0 Å². The first-order valence-corrected chi connectivity index (χ1v) is 3.20. The van der Waals surface area contributed by atoms with Crippen molar-refractivity contribution in [3.63, 3.8) is 0 Å². The van der Waals surface area contributed by atoms with Gasteiger partial charge in [0.05, 0.1) is 0 Å². The summed E-state index contributed by atoms with van der Waals surface area (Å²) in [5, 5.41) is 0. The number of hydrogen-bond acceptors (Lipinski definition) is 0. The summed E-state index contributed by atoms with van der Waals surface area (Å²) in [5.74, 6) is 0. The predicted molar refractivity (Wildman–Crippen MR) is 26.0 cm³/mol. The van der Waals surface area contributed by atoms with E-state index in [4.69, 9.17) is 34.8 Å². The Hall–Kier alpha value is 1.51. The SMILES string of the molecule is Cl[C](Cl)(Cl)[Ga]. The molecule has 4 heteroatoms. The van der Waals surface area contributed by atoms with Crippen molar-refractivity contribution >= 4 is 53.4 Å². The van der Waals surface area contributed by atoms with Crippen LogP contribution in [0, 0.1) is 0 Å². The van der Waals surface area contributed by atoms with Crippen LogP contribution >= 0.6 is 34.8 Å². The Morgan fingerprint density at radius 1 is 1.20 bits per heavy atom. The Morgan fingerprint density at radius 2 is 1.20 bits per heavy atom. The third-order valence-electron chi connectivity index (χ3n) is 0. The zero-order valence-electron chi connectivity index (χ0n) is 2.21. The molecule has 0 atom stereocenters. The maximum absolute atomic E-state index is 5.09. The molecule has 0 aliphatic heterocycles. The Labute approximate surface area is 55.7 Å². The first-order valence-electron chi connectivity index (χ1n) is 0.856. The third-order valence-corrected chi connectivity index (χ3v) is 0. The van der Waals surface area contributed by atoms with Crippen molar-refractivity contribution in [3.05, 3.63) is 0 Å². The second kappa shape index (κ2) is 1.98. The van der Waals surface area contributed by atoms with Crippen LogP contribution in [0.4, 0.5) is 0 Å². The number of halogens is 3. The van der Waals surface area contributed by atoms with E-state index in [0.717, 1.165) is 18.6 Å². The van der Waals surface area contributed by atoms with E-state index in [9.17, 15) is 0 Å². The van der Waals surface area contributed by atoms with Crippen LogP contribution in [0.2, 0.25) is 0 Å². The molecule has 2 radical (unpaired) electrons. The van der Waals surface area contributed by atoms with Gasteiger partial charge >= 0.3 is 55.7 Å². The average molecular weight is 188 g/mol. The Morgan fingerprint density at radius 3 is 1.20 bits per heavy atom. The third kappa shape index (κ3) is 29.8. The fraction of sp³-hybridized carbons (Fsp3) is 1.00. The standard InChI is InChI=1S/CCl3.Ga/c2-1(3)4;. The fourth-order valence-electron chi connectivity index (χ4n) is 0. The van der Waals surface area contributed by atoms with Crippen LogP contribution in [0.3, 0.4) is 0 Å². The fourth-order valence-corrected chi connectivity index (χ4v) is 0. The van der Waals surface area contributed by atoms with E-state index in [1.54, 1.807) is 0 Å². The second-order valence-electron chi connectivity index (χ2n) is 0.542. The van der Waals surface area contributed by atoms with Crippen LogP contribution < -0.4 is 0 Å². The summed E-state index contributed by atoms with van der Waals surface area (Å²) < 4.78 is -1.02. The van der Waals surface area contributed by atoms with Crippen LogP contribution in [0.15, 0.2) is 0 Å². The summed E-state index contributed by atoms with van der Waals surface area (Å²) in [7, 11) is 0. The van der Waals surface area contributed by atoms with E-state index in [1.165, 1.54) is 0 Å². The monoisotopic (exact) mass is 186 g/mol. The molecule has 0 fully saturated rings. The molecule has 0 nitrogen and oxygen atoms in total. The molecular weight excluding hydrogens is 188 g/mol. The molecule has 0 spiro atoms. The molecule has 0 rings (SSSR count). The van der Waals surface area contributed by atoms with Gasteiger partial charge in [0.1, 0.15) is 0 Å². The van der Waals surface area contributed by atoms with Crippen molar-refractivity contribution in [2.75, 3.05) is 0 Å². The van der Waals surface area contributed by atoms with Crippen LogP contribution in [0.1, 0.15) is 0 Å². The molecule has 0 aromatic carbocycles. The minimum atomic E-state index is -1.02. The summed E-state index contributed by atoms with van der Waals surface area (Å²) in [6.45, 7) is 0. The van der Waals surface area contributed by atoms with E-state index < -0.39 is 2.35 Å². The second-order valence-corrected chi connectivity index (χ2v) is 7.03. The molecular formula is CCl3Ga. The molecule has 0 saturated carbocycles. The van der Waals surface area contributed by atoms with Crippen molar-refractivity contribution < 1.29 is 0 Å². The molecule has 0 unspecified atom stereocenters. The van der Waals surface area contributed by atoms with Crippen LogP contribution in [0.5, 0.6) is 0 Å². The van der Waals surface area contributed by atoms with Gasteiger partial charge in [0, 0.05) is 0 Å². The molecule has 0 bridgehead atoms. The normalized spacial score (nSPS) is 11.8. The molecule has 0 N–H and O–H groups in total. The van der Waals surface area contributed by atoms with Crippen molar-refractivity contribution in [1.82, 2.24) is 0 Å². The van der Waals surface area contributed by atoms with Gasteiger partial charge < -0.3 is 0 Å².